The smallest absolute Gasteiger partial charge is 0.146 e. The molecule has 246 valence electrons. The number of rotatable bonds is 7. The molecule has 52 heavy (non-hydrogen) atoms. The van der Waals surface area contributed by atoms with Crippen LogP contribution in [-0.4, -0.2) is 9.38 Å². The van der Waals surface area contributed by atoms with E-state index in [0.29, 0.717) is 0 Å². The van der Waals surface area contributed by atoms with Crippen LogP contribution in [0.2, 0.25) is 0 Å². The zero-order chi connectivity index (χ0) is 35.3. The van der Waals surface area contributed by atoms with Gasteiger partial charge < -0.3 is 0 Å². The van der Waals surface area contributed by atoms with Crippen LogP contribution >= 0.6 is 0 Å². The molecule has 9 rings (SSSR count). The van der Waals surface area contributed by atoms with Crippen molar-refractivity contribution in [2.45, 2.75) is 6.92 Å². The average molecular weight is 665 g/mol. The number of hydrogen-bond donors (Lipinski definition) is 0. The quantitative estimate of drug-likeness (QED) is 0.166. The van der Waals surface area contributed by atoms with Crippen LogP contribution in [0, 0.1) is 0 Å². The Morgan fingerprint density at radius 1 is 0.462 bits per heavy atom. The van der Waals surface area contributed by atoms with E-state index >= 15 is 0 Å². The van der Waals surface area contributed by atoms with E-state index < -0.39 is 0 Å². The molecule has 2 nitrogen and oxygen atoms in total. The predicted molar refractivity (Wildman–Crippen MR) is 227 cm³/mol. The zero-order valence-corrected chi connectivity index (χ0v) is 29.1. The Balaban J connectivity index is 1.05. The van der Waals surface area contributed by atoms with Gasteiger partial charge in [-0.25, -0.2) is 4.98 Å². The molecule has 9 aromatic rings. The summed E-state index contributed by atoms with van der Waals surface area (Å²) in [7, 11) is 0. The van der Waals surface area contributed by atoms with Gasteiger partial charge in [0.1, 0.15) is 5.65 Å². The van der Waals surface area contributed by atoms with Gasteiger partial charge in [-0.2, -0.15) is 0 Å². The molecule has 0 unspecified atom stereocenters. The van der Waals surface area contributed by atoms with Crippen molar-refractivity contribution in [2.75, 3.05) is 0 Å². The maximum Gasteiger partial charge on any atom is 0.146 e. The van der Waals surface area contributed by atoms with Crippen LogP contribution in [-0.2, 0) is 0 Å². The Morgan fingerprint density at radius 3 is 1.38 bits per heavy atom. The summed E-state index contributed by atoms with van der Waals surface area (Å²) in [5, 5.41) is 7.41. The minimum atomic E-state index is 0.880. The van der Waals surface area contributed by atoms with E-state index in [1.165, 1.54) is 54.6 Å². The zero-order valence-electron chi connectivity index (χ0n) is 29.1. The van der Waals surface area contributed by atoms with Gasteiger partial charge in [0.05, 0.1) is 16.7 Å². The number of nitrogens with zero attached hydrogens (tertiary/aromatic N) is 2. The summed E-state index contributed by atoms with van der Waals surface area (Å²) < 4.78 is 2.18. The molecule has 2 aromatic heterocycles. The molecule has 2 heterocycles. The number of fused-ring (bicyclic) bond motifs is 6. The van der Waals surface area contributed by atoms with Crippen molar-refractivity contribution in [1.29, 1.82) is 0 Å². The Hall–Kier alpha value is -6.77. The third kappa shape index (κ3) is 5.08. The van der Waals surface area contributed by atoms with E-state index in [0.717, 1.165) is 50.2 Å². The van der Waals surface area contributed by atoms with Crippen LogP contribution in [0.25, 0.3) is 107 Å². The summed E-state index contributed by atoms with van der Waals surface area (Å²) >= 11 is 0. The third-order valence-electron chi connectivity index (χ3n) is 10.4. The second-order valence-electron chi connectivity index (χ2n) is 13.3. The van der Waals surface area contributed by atoms with E-state index in [2.05, 4.69) is 164 Å². The van der Waals surface area contributed by atoms with Crippen molar-refractivity contribution in [3.63, 3.8) is 0 Å². The van der Waals surface area contributed by atoms with Crippen molar-refractivity contribution in [3.8, 4) is 33.4 Å². The van der Waals surface area contributed by atoms with Crippen LogP contribution < -0.4 is 0 Å². The van der Waals surface area contributed by atoms with Gasteiger partial charge in [0.15, 0.2) is 0 Å². The molecule has 0 N–H and O–H groups in total. The minimum Gasteiger partial charge on any atom is -0.292 e. The first-order valence-electron chi connectivity index (χ1n) is 17.7. The number of pyridine rings is 1. The molecule has 0 spiro atoms. The second kappa shape index (κ2) is 12.5. The number of hydrogen-bond acceptors (Lipinski definition) is 1. The summed E-state index contributed by atoms with van der Waals surface area (Å²) in [6, 6.07) is 48.8. The lowest BCUT2D eigenvalue weighted by Crippen LogP contribution is -2.01. The highest BCUT2D eigenvalue weighted by molar-refractivity contribution is 5.97. The highest BCUT2D eigenvalue weighted by Gasteiger charge is 2.18. The Bertz CT molecular complexity index is 2970. The average Bonchev–Trinajstić information content (AvgIpc) is 3.58. The first-order valence-corrected chi connectivity index (χ1v) is 17.7. The molecule has 0 amide bonds. The molecular formula is C50H36N2. The van der Waals surface area contributed by atoms with Gasteiger partial charge in [0.25, 0.3) is 0 Å². The second-order valence-corrected chi connectivity index (χ2v) is 13.3. The summed E-state index contributed by atoms with van der Waals surface area (Å²) in [4.78, 5) is 5.15. The monoisotopic (exact) mass is 664 g/mol. The lowest BCUT2D eigenvalue weighted by Gasteiger charge is -2.14. The molecule has 0 atom stereocenters. The van der Waals surface area contributed by atoms with Gasteiger partial charge in [-0.3, -0.25) is 4.40 Å². The summed E-state index contributed by atoms with van der Waals surface area (Å²) in [5.74, 6) is 0. The van der Waals surface area contributed by atoms with Crippen molar-refractivity contribution in [2.24, 2.45) is 0 Å². The molecular weight excluding hydrogens is 629 g/mol. The summed E-state index contributed by atoms with van der Waals surface area (Å²) in [5.41, 5.74) is 14.0. The maximum absolute atomic E-state index is 5.15. The van der Waals surface area contributed by atoms with E-state index in [1.54, 1.807) is 0 Å². The van der Waals surface area contributed by atoms with Crippen molar-refractivity contribution in [1.82, 2.24) is 9.38 Å². The molecule has 0 radical (unpaired) electrons. The molecule has 2 heteroatoms. The number of aromatic nitrogens is 2. The molecule has 0 aliphatic rings. The van der Waals surface area contributed by atoms with Crippen LogP contribution in [0.3, 0.4) is 0 Å². The lowest BCUT2D eigenvalue weighted by molar-refractivity contribution is 1.18. The fourth-order valence-electron chi connectivity index (χ4n) is 7.75. The molecule has 7 aromatic carbocycles. The highest BCUT2D eigenvalue weighted by Crippen LogP contribution is 2.35. The number of allylic oxidation sites excluding steroid dienone is 1. The lowest BCUT2D eigenvalue weighted by atomic mass is 9.95. The number of benzene rings is 7. The van der Waals surface area contributed by atoms with Crippen LogP contribution in [0.5, 0.6) is 0 Å². The SMILES string of the molecule is C=Cc1c(C=C)c(C=C)n2c(nc3cc(-c4ccc5cc(-c6ccc7cc(-c8ccc9ccccc9c8)ccc7c6)ccc5c4)ccc32)c1/C=C\C. The van der Waals surface area contributed by atoms with Gasteiger partial charge in [0.2, 0.25) is 0 Å². The minimum absolute atomic E-state index is 0.880. The molecule has 0 saturated heterocycles. The molecule has 0 fully saturated rings. The standard InChI is InChI=1S/C50H36N2/c1-5-11-46-44(6-2)45(7-3)48(8-4)52-49-25-24-43(31-47(49)51-50(46)52)42-23-22-40-29-39(20-21-41(40)30-42)38-19-18-36-27-35(16-17-37(36)28-38)34-15-14-32-12-9-10-13-33(32)26-34/h5-31H,2-4H2,1H3/b11-5-. The summed E-state index contributed by atoms with van der Waals surface area (Å²) in [6.45, 7) is 14.4. The van der Waals surface area contributed by atoms with E-state index in [9.17, 15) is 0 Å². The van der Waals surface area contributed by atoms with Gasteiger partial charge >= 0.3 is 0 Å². The van der Waals surface area contributed by atoms with Crippen molar-refractivity contribution < 1.29 is 0 Å². The highest BCUT2D eigenvalue weighted by atomic mass is 15.0. The molecule has 0 aliphatic heterocycles. The van der Waals surface area contributed by atoms with Crippen molar-refractivity contribution >= 4 is 73.3 Å². The third-order valence-corrected chi connectivity index (χ3v) is 10.4. The maximum atomic E-state index is 5.15. The predicted octanol–water partition coefficient (Wildman–Crippen LogP) is 13.9. The number of imidazole rings is 1. The Morgan fingerprint density at radius 2 is 0.904 bits per heavy atom. The fourth-order valence-corrected chi connectivity index (χ4v) is 7.75. The van der Waals surface area contributed by atoms with Gasteiger partial charge in [0, 0.05) is 11.1 Å². The normalized spacial score (nSPS) is 11.7. The summed E-state index contributed by atoms with van der Waals surface area (Å²) in [6.07, 6.45) is 9.77. The molecule has 0 bridgehead atoms. The van der Waals surface area contributed by atoms with E-state index in [1.807, 2.05) is 31.2 Å². The van der Waals surface area contributed by atoms with E-state index in [4.69, 9.17) is 4.98 Å². The molecule has 0 saturated carbocycles. The van der Waals surface area contributed by atoms with Crippen LogP contribution in [0.1, 0.15) is 29.3 Å². The Kier molecular flexibility index (Phi) is 7.52. The van der Waals surface area contributed by atoms with Gasteiger partial charge in [-0.05, 0) is 127 Å². The molecule has 0 aliphatic carbocycles. The van der Waals surface area contributed by atoms with Gasteiger partial charge in [-0.1, -0.05) is 135 Å². The van der Waals surface area contributed by atoms with E-state index in [-0.39, 0.29) is 0 Å². The topological polar surface area (TPSA) is 17.3 Å². The van der Waals surface area contributed by atoms with Crippen LogP contribution in [0.4, 0.5) is 0 Å². The van der Waals surface area contributed by atoms with Crippen LogP contribution in [0.15, 0.2) is 159 Å². The first-order chi connectivity index (χ1) is 25.6. The fraction of sp³-hybridized carbons (Fsp3) is 0.0200. The van der Waals surface area contributed by atoms with Gasteiger partial charge in [-0.15, -0.1) is 0 Å². The Labute approximate surface area is 303 Å². The first kappa shape index (κ1) is 31.2. The largest absolute Gasteiger partial charge is 0.292 e. The van der Waals surface area contributed by atoms with Crippen molar-refractivity contribution in [3.05, 3.63) is 182 Å².